The molecule has 0 radical (unpaired) electrons. The fourth-order valence-electron chi connectivity index (χ4n) is 1.84. The van der Waals surface area contributed by atoms with Crippen LogP contribution in [0.1, 0.15) is 12.5 Å². The van der Waals surface area contributed by atoms with E-state index in [9.17, 15) is 4.57 Å². The first kappa shape index (κ1) is 11.4. The second kappa shape index (κ2) is 4.07. The highest BCUT2D eigenvalue weighted by Gasteiger charge is 2.10. The van der Waals surface area contributed by atoms with E-state index in [4.69, 9.17) is 0 Å². The average molecular weight is 232 g/mol. The summed E-state index contributed by atoms with van der Waals surface area (Å²) in [5, 5.41) is 3.38. The Kier molecular flexibility index (Phi) is 2.90. The lowest BCUT2D eigenvalue weighted by Gasteiger charge is -2.08. The van der Waals surface area contributed by atoms with E-state index < -0.39 is 7.14 Å². The van der Waals surface area contributed by atoms with Crippen LogP contribution in [0.4, 0.5) is 0 Å². The van der Waals surface area contributed by atoms with Crippen LogP contribution >= 0.6 is 7.14 Å². The molecule has 16 heavy (non-hydrogen) atoms. The summed E-state index contributed by atoms with van der Waals surface area (Å²) < 4.78 is 12.0. The molecule has 0 aliphatic rings. The van der Waals surface area contributed by atoms with Crippen molar-refractivity contribution in [1.82, 2.24) is 0 Å². The molecule has 0 heterocycles. The Morgan fingerprint density at radius 1 is 1.00 bits per heavy atom. The normalized spacial score (nSPS) is 11.9. The van der Waals surface area contributed by atoms with Crippen molar-refractivity contribution in [1.29, 1.82) is 0 Å². The van der Waals surface area contributed by atoms with Gasteiger partial charge in [-0.2, -0.15) is 0 Å². The van der Waals surface area contributed by atoms with Gasteiger partial charge in [-0.3, -0.25) is 0 Å². The molecular weight excluding hydrogens is 215 g/mol. The molecule has 0 aromatic heterocycles. The molecule has 1 nitrogen and oxygen atoms in total. The highest BCUT2D eigenvalue weighted by molar-refractivity contribution is 7.70. The number of aryl methyl sites for hydroxylation is 1. The molecule has 0 saturated carbocycles. The van der Waals surface area contributed by atoms with Gasteiger partial charge in [0, 0.05) is 5.30 Å². The highest BCUT2D eigenvalue weighted by atomic mass is 31.2. The zero-order chi connectivity index (χ0) is 11.8. The molecule has 0 bridgehead atoms. The van der Waals surface area contributed by atoms with Crippen LogP contribution in [0.3, 0.4) is 0 Å². The standard InChI is InChI=1S/C14H17OP/c1-4-11-5-6-12-7-8-14(16(2,3)15)10-13(12)9-11/h5-10H,4H2,1-3H3. The smallest absolute Gasteiger partial charge is 0.109 e. The second-order valence-electron chi connectivity index (χ2n) is 4.57. The third-order valence-corrected chi connectivity index (χ3v) is 4.44. The minimum absolute atomic E-state index is 0.966. The molecule has 2 rings (SSSR count). The average Bonchev–Trinajstić information content (AvgIpc) is 2.26. The predicted molar refractivity (Wildman–Crippen MR) is 72.4 cm³/mol. The second-order valence-corrected chi connectivity index (χ2v) is 7.79. The van der Waals surface area contributed by atoms with Crippen LogP contribution in [-0.4, -0.2) is 13.3 Å². The Bertz CT molecular complexity index is 566. The monoisotopic (exact) mass is 232 g/mol. The summed E-state index contributed by atoms with van der Waals surface area (Å²) in [7, 11) is -2.15. The maximum atomic E-state index is 12.0. The van der Waals surface area contributed by atoms with Crippen LogP contribution in [0.15, 0.2) is 36.4 Å². The van der Waals surface area contributed by atoms with Crippen molar-refractivity contribution >= 4 is 23.2 Å². The van der Waals surface area contributed by atoms with Gasteiger partial charge in [0.25, 0.3) is 0 Å². The maximum absolute atomic E-state index is 12.0. The molecule has 84 valence electrons. The Morgan fingerprint density at radius 2 is 1.69 bits per heavy atom. The molecule has 0 spiro atoms. The molecule has 0 saturated heterocycles. The molecule has 2 aromatic rings. The fraction of sp³-hybridized carbons (Fsp3) is 0.286. The molecule has 2 aromatic carbocycles. The van der Waals surface area contributed by atoms with Gasteiger partial charge in [0.2, 0.25) is 0 Å². The number of benzene rings is 2. The third kappa shape index (κ3) is 2.20. The topological polar surface area (TPSA) is 17.1 Å². The summed E-state index contributed by atoms with van der Waals surface area (Å²) in [6.07, 6.45) is 1.04. The van der Waals surface area contributed by atoms with Crippen LogP contribution in [-0.2, 0) is 11.0 Å². The fourth-order valence-corrected chi connectivity index (χ4v) is 2.72. The maximum Gasteiger partial charge on any atom is 0.109 e. The van der Waals surface area contributed by atoms with Crippen LogP contribution in [0.5, 0.6) is 0 Å². The summed E-state index contributed by atoms with van der Waals surface area (Å²) in [6.45, 7) is 5.78. The summed E-state index contributed by atoms with van der Waals surface area (Å²) in [6, 6.07) is 12.6. The number of rotatable bonds is 2. The number of hydrogen-bond donors (Lipinski definition) is 0. The molecule has 0 fully saturated rings. The van der Waals surface area contributed by atoms with Crippen LogP contribution in [0, 0.1) is 0 Å². The van der Waals surface area contributed by atoms with Crippen LogP contribution < -0.4 is 5.30 Å². The molecule has 0 aliphatic heterocycles. The van der Waals surface area contributed by atoms with Crippen molar-refractivity contribution in [2.75, 3.05) is 13.3 Å². The lowest BCUT2D eigenvalue weighted by atomic mass is 10.1. The Morgan fingerprint density at radius 3 is 2.31 bits per heavy atom. The minimum Gasteiger partial charge on any atom is -0.319 e. The van der Waals surface area contributed by atoms with Crippen molar-refractivity contribution in [2.45, 2.75) is 13.3 Å². The summed E-state index contributed by atoms with van der Waals surface area (Å²) in [5.41, 5.74) is 1.33. The van der Waals surface area contributed by atoms with Crippen molar-refractivity contribution < 1.29 is 4.57 Å². The number of hydrogen-bond acceptors (Lipinski definition) is 1. The van der Waals surface area contributed by atoms with Crippen molar-refractivity contribution in [3.8, 4) is 0 Å². The first-order valence-corrected chi connectivity index (χ1v) is 8.19. The van der Waals surface area contributed by atoms with Gasteiger partial charge >= 0.3 is 0 Å². The Hall–Kier alpha value is -1.07. The first-order chi connectivity index (χ1) is 7.50. The van der Waals surface area contributed by atoms with E-state index in [0.717, 1.165) is 11.7 Å². The quantitative estimate of drug-likeness (QED) is 0.722. The van der Waals surface area contributed by atoms with E-state index in [-0.39, 0.29) is 0 Å². The van der Waals surface area contributed by atoms with Crippen LogP contribution in [0.25, 0.3) is 10.8 Å². The van der Waals surface area contributed by atoms with Gasteiger partial charge < -0.3 is 4.57 Å². The molecule has 0 unspecified atom stereocenters. The van der Waals surface area contributed by atoms with Gasteiger partial charge in [0.1, 0.15) is 7.14 Å². The largest absolute Gasteiger partial charge is 0.319 e. The summed E-state index contributed by atoms with van der Waals surface area (Å²) >= 11 is 0. The SMILES string of the molecule is CCc1ccc2ccc(P(C)(C)=O)cc2c1. The molecule has 0 N–H and O–H groups in total. The lowest BCUT2D eigenvalue weighted by molar-refractivity contribution is 0.588. The Balaban J connectivity index is 2.64. The van der Waals surface area contributed by atoms with E-state index in [0.29, 0.717) is 0 Å². The molecule has 2 heteroatoms. The summed E-state index contributed by atoms with van der Waals surface area (Å²) in [5.74, 6) is 0. The van der Waals surface area contributed by atoms with Gasteiger partial charge in [0.15, 0.2) is 0 Å². The summed E-state index contributed by atoms with van der Waals surface area (Å²) in [4.78, 5) is 0. The van der Waals surface area contributed by atoms with Crippen molar-refractivity contribution in [3.63, 3.8) is 0 Å². The van der Waals surface area contributed by atoms with Crippen LogP contribution in [0.2, 0.25) is 0 Å². The first-order valence-electron chi connectivity index (χ1n) is 5.59. The van der Waals surface area contributed by atoms with Gasteiger partial charge in [-0.25, -0.2) is 0 Å². The predicted octanol–water partition coefficient (Wildman–Crippen LogP) is 3.65. The van der Waals surface area contributed by atoms with E-state index >= 15 is 0 Å². The van der Waals surface area contributed by atoms with Gasteiger partial charge in [-0.1, -0.05) is 37.3 Å². The van der Waals surface area contributed by atoms with E-state index in [2.05, 4.69) is 37.3 Å². The molecular formula is C14H17OP. The third-order valence-electron chi connectivity index (χ3n) is 2.92. The lowest BCUT2D eigenvalue weighted by Crippen LogP contribution is -2.01. The van der Waals surface area contributed by atoms with E-state index in [1.165, 1.54) is 16.3 Å². The molecule has 0 amide bonds. The van der Waals surface area contributed by atoms with Gasteiger partial charge in [0.05, 0.1) is 0 Å². The zero-order valence-electron chi connectivity index (χ0n) is 10.0. The Labute approximate surface area is 96.9 Å². The van der Waals surface area contributed by atoms with Gasteiger partial charge in [-0.05, 0) is 42.2 Å². The molecule has 0 aliphatic carbocycles. The van der Waals surface area contributed by atoms with Crippen molar-refractivity contribution in [2.24, 2.45) is 0 Å². The van der Waals surface area contributed by atoms with E-state index in [1.54, 1.807) is 0 Å². The zero-order valence-corrected chi connectivity index (χ0v) is 10.9. The van der Waals surface area contributed by atoms with E-state index in [1.807, 2.05) is 19.4 Å². The van der Waals surface area contributed by atoms with Crippen molar-refractivity contribution in [3.05, 3.63) is 42.0 Å². The minimum atomic E-state index is -2.15. The van der Waals surface area contributed by atoms with Gasteiger partial charge in [-0.15, -0.1) is 0 Å². The molecule has 0 atom stereocenters. The highest BCUT2D eigenvalue weighted by Crippen LogP contribution is 2.35. The number of fused-ring (bicyclic) bond motifs is 1.